The number of rotatable bonds is 9. The lowest BCUT2D eigenvalue weighted by atomic mass is 9.89. The van der Waals surface area contributed by atoms with Crippen molar-refractivity contribution in [3.05, 3.63) is 88.1 Å². The van der Waals surface area contributed by atoms with Crippen LogP contribution in [0, 0.1) is 5.82 Å². The maximum Gasteiger partial charge on any atom is 0.407 e. The first-order valence-electron chi connectivity index (χ1n) is 16.3. The van der Waals surface area contributed by atoms with E-state index in [1.54, 1.807) is 32.4 Å². The molecule has 47 heavy (non-hydrogen) atoms. The zero-order valence-corrected chi connectivity index (χ0v) is 27.2. The van der Waals surface area contributed by atoms with E-state index in [4.69, 9.17) is 13.9 Å². The number of nitrogens with one attached hydrogen (secondary N) is 1. The third kappa shape index (κ3) is 6.79. The third-order valence-corrected chi connectivity index (χ3v) is 9.79. The third-order valence-electron chi connectivity index (χ3n) is 9.79. The number of carbonyl (C=O) groups is 2. The second kappa shape index (κ2) is 14.0. The number of ether oxygens (including phenoxy) is 2. The lowest BCUT2D eigenvalue weighted by Crippen LogP contribution is -2.49. The predicted octanol–water partition coefficient (Wildman–Crippen LogP) is 6.79. The standard InChI is InChI=1S/C37H42FN3O6/c1-23-29(28-10-9-25(38)20-30(28)31(23)22-39-35(42)21-27-7-6-16-47-27)17-24-18-33(45-2)36(34(19-24)46-3)32-8-4-5-13-41(32)26-11-14-40(15-12-26)37(43)44/h6-7,9-10,16-20,26,32H,4-5,8,11-15,21-22H2,1-3H3,(H,39,42)(H,43,44)/b29-17-. The average Bonchev–Trinajstić information content (AvgIpc) is 3.68. The molecule has 248 valence electrons. The Morgan fingerprint density at radius 3 is 2.43 bits per heavy atom. The molecule has 3 aromatic rings. The number of hydrogen-bond donors (Lipinski definition) is 2. The van der Waals surface area contributed by atoms with E-state index in [0.717, 1.165) is 89.1 Å². The molecule has 10 heteroatoms. The van der Waals surface area contributed by atoms with E-state index >= 15 is 0 Å². The fourth-order valence-corrected chi connectivity index (χ4v) is 7.43. The Bertz CT molecular complexity index is 1660. The summed E-state index contributed by atoms with van der Waals surface area (Å²) in [4.78, 5) is 28.2. The van der Waals surface area contributed by atoms with Crippen molar-refractivity contribution in [2.45, 2.75) is 57.5 Å². The number of nitrogens with zero attached hydrogens (tertiary/aromatic N) is 2. The predicted molar refractivity (Wildman–Crippen MR) is 178 cm³/mol. The second-order valence-electron chi connectivity index (χ2n) is 12.5. The Morgan fingerprint density at radius 2 is 1.77 bits per heavy atom. The molecule has 1 aromatic heterocycles. The Balaban J connectivity index is 1.31. The van der Waals surface area contributed by atoms with E-state index in [1.807, 2.05) is 19.1 Å². The number of allylic oxidation sites excluding steroid dienone is 2. The van der Waals surface area contributed by atoms with Gasteiger partial charge in [-0.3, -0.25) is 9.69 Å². The molecule has 1 unspecified atom stereocenters. The van der Waals surface area contributed by atoms with Gasteiger partial charge in [0.1, 0.15) is 23.1 Å². The Morgan fingerprint density at radius 1 is 1.02 bits per heavy atom. The van der Waals surface area contributed by atoms with E-state index in [-0.39, 0.29) is 36.8 Å². The van der Waals surface area contributed by atoms with Gasteiger partial charge in [-0.25, -0.2) is 9.18 Å². The van der Waals surface area contributed by atoms with E-state index < -0.39 is 6.09 Å². The van der Waals surface area contributed by atoms with Gasteiger partial charge >= 0.3 is 6.09 Å². The number of carboxylic acid groups (broad SMARTS) is 1. The minimum Gasteiger partial charge on any atom is -0.496 e. The van der Waals surface area contributed by atoms with Crippen LogP contribution in [-0.2, 0) is 11.2 Å². The summed E-state index contributed by atoms with van der Waals surface area (Å²) in [6.45, 7) is 4.28. The number of methoxy groups -OCH3 is 2. The molecule has 1 atom stereocenters. The van der Waals surface area contributed by atoms with Crippen LogP contribution in [0.5, 0.6) is 11.5 Å². The van der Waals surface area contributed by atoms with Gasteiger partial charge in [0.25, 0.3) is 0 Å². The van der Waals surface area contributed by atoms with Crippen molar-refractivity contribution < 1.29 is 33.0 Å². The molecule has 3 heterocycles. The van der Waals surface area contributed by atoms with Crippen LogP contribution in [0.4, 0.5) is 9.18 Å². The SMILES string of the molecule is COc1cc(/C=C2/C(C)=C(CNC(=O)Cc3ccco3)c3cc(F)ccc32)cc(OC)c1C1CCCCN1C1CCN(C(=O)O)CC1. The highest BCUT2D eigenvalue weighted by Gasteiger charge is 2.36. The molecule has 2 saturated heterocycles. The van der Waals surface area contributed by atoms with Gasteiger partial charge in [0.05, 0.1) is 32.5 Å². The Labute approximate surface area is 274 Å². The number of likely N-dealkylation sites (tertiary alicyclic amines) is 2. The molecule has 2 aliphatic heterocycles. The minimum atomic E-state index is -0.853. The van der Waals surface area contributed by atoms with Crippen molar-refractivity contribution in [3.8, 4) is 11.5 Å². The normalized spacial score (nSPS) is 19.6. The van der Waals surface area contributed by atoms with Crippen molar-refractivity contribution in [2.75, 3.05) is 40.4 Å². The molecule has 2 N–H and O–H groups in total. The monoisotopic (exact) mass is 643 g/mol. The summed E-state index contributed by atoms with van der Waals surface area (Å²) in [5.41, 5.74) is 6.31. The molecular formula is C37H42FN3O6. The van der Waals surface area contributed by atoms with Crippen LogP contribution in [0.2, 0.25) is 0 Å². The Kier molecular flexibility index (Phi) is 9.68. The van der Waals surface area contributed by atoms with Gasteiger partial charge in [0.2, 0.25) is 5.91 Å². The summed E-state index contributed by atoms with van der Waals surface area (Å²) in [5, 5.41) is 12.4. The summed E-state index contributed by atoms with van der Waals surface area (Å²) in [6.07, 6.45) is 7.63. The first-order chi connectivity index (χ1) is 22.8. The van der Waals surface area contributed by atoms with Gasteiger partial charge in [-0.1, -0.05) is 12.5 Å². The average molecular weight is 644 g/mol. The summed E-state index contributed by atoms with van der Waals surface area (Å²) >= 11 is 0. The topological polar surface area (TPSA) is 104 Å². The van der Waals surface area contributed by atoms with Gasteiger partial charge in [-0.15, -0.1) is 0 Å². The van der Waals surface area contributed by atoms with Crippen molar-refractivity contribution in [1.82, 2.24) is 15.1 Å². The fourth-order valence-electron chi connectivity index (χ4n) is 7.43. The molecule has 0 saturated carbocycles. The lowest BCUT2D eigenvalue weighted by molar-refractivity contribution is -0.120. The van der Waals surface area contributed by atoms with Gasteiger partial charge in [0, 0.05) is 31.7 Å². The number of fused-ring (bicyclic) bond motifs is 1. The molecule has 9 nitrogen and oxygen atoms in total. The van der Waals surface area contributed by atoms with Crippen LogP contribution in [0.15, 0.2) is 58.7 Å². The van der Waals surface area contributed by atoms with Gasteiger partial charge < -0.3 is 29.2 Å². The van der Waals surface area contributed by atoms with Crippen molar-refractivity contribution >= 4 is 29.2 Å². The number of hydrogen-bond acceptors (Lipinski definition) is 6. The molecule has 0 radical (unpaired) electrons. The van der Waals surface area contributed by atoms with Crippen molar-refractivity contribution in [3.63, 3.8) is 0 Å². The zero-order valence-electron chi connectivity index (χ0n) is 27.2. The largest absolute Gasteiger partial charge is 0.496 e. The zero-order chi connectivity index (χ0) is 33.1. The molecule has 1 aliphatic carbocycles. The van der Waals surface area contributed by atoms with E-state index in [1.165, 1.54) is 23.3 Å². The number of halogens is 1. The molecule has 6 rings (SSSR count). The van der Waals surface area contributed by atoms with Crippen LogP contribution in [0.3, 0.4) is 0 Å². The van der Waals surface area contributed by atoms with Gasteiger partial charge in [0.15, 0.2) is 0 Å². The van der Waals surface area contributed by atoms with Crippen LogP contribution >= 0.6 is 0 Å². The summed E-state index contributed by atoms with van der Waals surface area (Å²) in [7, 11) is 3.35. The van der Waals surface area contributed by atoms with E-state index in [0.29, 0.717) is 18.8 Å². The summed E-state index contributed by atoms with van der Waals surface area (Å²) < 4.78 is 31.9. The quantitative estimate of drug-likeness (QED) is 0.265. The van der Waals surface area contributed by atoms with Crippen LogP contribution < -0.4 is 14.8 Å². The van der Waals surface area contributed by atoms with Gasteiger partial charge in [-0.2, -0.15) is 0 Å². The number of furan rings is 1. The van der Waals surface area contributed by atoms with Crippen molar-refractivity contribution in [2.24, 2.45) is 0 Å². The molecular weight excluding hydrogens is 601 g/mol. The maximum absolute atomic E-state index is 14.5. The van der Waals surface area contributed by atoms with Gasteiger partial charge in [-0.05, 0) is 115 Å². The first kappa shape index (κ1) is 32.4. The number of carbonyl (C=O) groups excluding carboxylic acids is 1. The van der Waals surface area contributed by atoms with E-state index in [2.05, 4.69) is 16.3 Å². The van der Waals surface area contributed by atoms with Crippen LogP contribution in [0.25, 0.3) is 17.2 Å². The summed E-state index contributed by atoms with van der Waals surface area (Å²) in [6, 6.07) is 12.7. The second-order valence-corrected chi connectivity index (χ2v) is 12.5. The smallest absolute Gasteiger partial charge is 0.407 e. The van der Waals surface area contributed by atoms with Crippen LogP contribution in [-0.4, -0.2) is 73.3 Å². The maximum atomic E-state index is 14.5. The number of piperidine rings is 2. The molecule has 2 amide bonds. The van der Waals surface area contributed by atoms with E-state index in [9.17, 15) is 19.1 Å². The highest BCUT2D eigenvalue weighted by Crippen LogP contribution is 2.46. The fraction of sp³-hybridized carbons (Fsp3) is 0.405. The summed E-state index contributed by atoms with van der Waals surface area (Å²) in [5.74, 6) is 1.54. The highest BCUT2D eigenvalue weighted by molar-refractivity contribution is 6.06. The Hall–Kier alpha value is -4.57. The van der Waals surface area contributed by atoms with Crippen molar-refractivity contribution in [1.29, 1.82) is 0 Å². The molecule has 3 aliphatic rings. The highest BCUT2D eigenvalue weighted by atomic mass is 19.1. The van der Waals surface area contributed by atoms with Crippen LogP contribution in [0.1, 0.15) is 73.1 Å². The molecule has 2 aromatic carbocycles. The molecule has 0 bridgehead atoms. The number of amides is 2. The molecule has 2 fully saturated rings. The lowest BCUT2D eigenvalue weighted by Gasteiger charge is -2.45. The number of benzene rings is 2. The first-order valence-corrected chi connectivity index (χ1v) is 16.3. The molecule has 0 spiro atoms. The minimum absolute atomic E-state index is 0.0879.